The molecule has 2 aromatic carbocycles. The Kier molecular flexibility index (Phi) is 10.9. The van der Waals surface area contributed by atoms with E-state index in [1.807, 2.05) is 18.2 Å². The Morgan fingerprint density at radius 3 is 2.36 bits per heavy atom. The molecule has 0 radical (unpaired) electrons. The number of H-pyrrole nitrogens is 1. The molecule has 4 aromatic rings. The highest BCUT2D eigenvalue weighted by Crippen LogP contribution is 2.47. The number of aromatic nitrogens is 4. The van der Waals surface area contributed by atoms with Gasteiger partial charge >= 0.3 is 5.69 Å². The molecule has 1 saturated heterocycles. The van der Waals surface area contributed by atoms with Crippen LogP contribution in [0.5, 0.6) is 0 Å². The summed E-state index contributed by atoms with van der Waals surface area (Å²) in [5.74, 6) is 0.0764. The van der Waals surface area contributed by atoms with E-state index in [9.17, 15) is 14.4 Å². The second-order valence-electron chi connectivity index (χ2n) is 10.2. The molecule has 1 N–H and O–H groups in total. The average Bonchev–Trinajstić information content (AvgIpc) is 2.99. The lowest BCUT2D eigenvalue weighted by Crippen LogP contribution is -2.47. The molecule has 2 aromatic heterocycles. The van der Waals surface area contributed by atoms with Gasteiger partial charge in [-0.15, -0.1) is 0 Å². The van der Waals surface area contributed by atoms with Crippen LogP contribution in [0.4, 0.5) is 0 Å². The number of ether oxygens (including phenoxy) is 1. The number of thioether (sulfide) groups is 1. The highest BCUT2D eigenvalue weighted by Gasteiger charge is 2.26. The van der Waals surface area contributed by atoms with Gasteiger partial charge in [-0.2, -0.15) is 9.78 Å². The van der Waals surface area contributed by atoms with E-state index in [0.29, 0.717) is 39.4 Å². The van der Waals surface area contributed by atoms with Crippen LogP contribution < -0.4 is 11.2 Å². The van der Waals surface area contributed by atoms with Gasteiger partial charge in [-0.25, -0.2) is 9.78 Å². The first-order valence-corrected chi connectivity index (χ1v) is 15.7. The Bertz CT molecular complexity index is 1720. The molecule has 1 atom stereocenters. The first-order valence-electron chi connectivity index (χ1n) is 13.7. The average molecular weight is 676 g/mol. The van der Waals surface area contributed by atoms with Gasteiger partial charge in [-0.05, 0) is 41.5 Å². The van der Waals surface area contributed by atoms with E-state index in [0.717, 1.165) is 53.2 Å². The summed E-state index contributed by atoms with van der Waals surface area (Å²) in [7, 11) is 1.53. The lowest BCUT2D eigenvalue weighted by molar-refractivity contribution is -0.124. The number of aromatic amines is 1. The van der Waals surface area contributed by atoms with Crippen LogP contribution in [0.25, 0.3) is 5.69 Å². The molecule has 14 heteroatoms. The number of nitrogens with one attached hydrogen (secondary N) is 1. The molecule has 0 saturated carbocycles. The normalized spacial score (nSPS) is 14.9. The number of ketones is 1. The number of piperazine rings is 1. The molecule has 1 unspecified atom stereocenters. The van der Waals surface area contributed by atoms with Gasteiger partial charge in [0.1, 0.15) is 17.8 Å². The van der Waals surface area contributed by atoms with Crippen LogP contribution in [0.3, 0.4) is 0 Å². The molecule has 3 heterocycles. The van der Waals surface area contributed by atoms with Crippen LogP contribution in [-0.4, -0.2) is 81.8 Å². The standard InChI is InChI=1S/C30H29Cl3N6O4S/c1-43-18-23(40)17-38-11-9-37(10-12-38)16-20-3-2-8-34-29(20)44-28(19-4-6-21(31)7-5-19)27-24(32)13-22(14-25(27)33)39-30(42)36-26(41)15-35-39/h2-8,13-15,28H,9-12,16-18H2,1H3,(H,36,41,42). The van der Waals surface area contributed by atoms with Crippen molar-refractivity contribution in [2.75, 3.05) is 46.4 Å². The van der Waals surface area contributed by atoms with Crippen LogP contribution in [0.1, 0.15) is 21.9 Å². The zero-order chi connectivity index (χ0) is 31.2. The molecular weight excluding hydrogens is 647 g/mol. The Morgan fingerprint density at radius 2 is 1.70 bits per heavy atom. The third-order valence-electron chi connectivity index (χ3n) is 7.10. The predicted octanol–water partition coefficient (Wildman–Crippen LogP) is 4.49. The van der Waals surface area contributed by atoms with Crippen molar-refractivity contribution in [3.05, 3.63) is 114 Å². The monoisotopic (exact) mass is 674 g/mol. The summed E-state index contributed by atoms with van der Waals surface area (Å²) in [6, 6.07) is 14.6. The number of carbonyl (C=O) groups is 1. The van der Waals surface area contributed by atoms with Crippen molar-refractivity contribution in [3.8, 4) is 5.69 Å². The molecule has 230 valence electrons. The summed E-state index contributed by atoms with van der Waals surface area (Å²) in [5.41, 5.74) is 1.58. The van der Waals surface area contributed by atoms with Crippen molar-refractivity contribution in [1.82, 2.24) is 29.5 Å². The summed E-state index contributed by atoms with van der Waals surface area (Å²) in [4.78, 5) is 47.3. The minimum absolute atomic E-state index is 0.0764. The summed E-state index contributed by atoms with van der Waals surface area (Å²) in [5, 5.41) is 5.59. The van der Waals surface area contributed by atoms with E-state index >= 15 is 0 Å². The molecule has 0 bridgehead atoms. The van der Waals surface area contributed by atoms with Crippen molar-refractivity contribution in [3.63, 3.8) is 0 Å². The van der Waals surface area contributed by atoms with Gasteiger partial charge in [-0.3, -0.25) is 24.4 Å². The lowest BCUT2D eigenvalue weighted by atomic mass is 10.0. The Hall–Kier alpha value is -3.03. The maximum atomic E-state index is 12.4. The topological polar surface area (TPSA) is 113 Å². The Morgan fingerprint density at radius 1 is 1.02 bits per heavy atom. The quantitative estimate of drug-likeness (QED) is 0.230. The minimum atomic E-state index is -0.707. The molecule has 1 fully saturated rings. The van der Waals surface area contributed by atoms with E-state index in [1.54, 1.807) is 30.5 Å². The minimum Gasteiger partial charge on any atom is -0.377 e. The van der Waals surface area contributed by atoms with Gasteiger partial charge in [0.2, 0.25) is 0 Å². The van der Waals surface area contributed by atoms with E-state index in [4.69, 9.17) is 44.5 Å². The molecule has 1 aliphatic rings. The van der Waals surface area contributed by atoms with E-state index in [2.05, 4.69) is 25.9 Å². The molecule has 0 amide bonds. The largest absolute Gasteiger partial charge is 0.377 e. The molecule has 1 aliphatic heterocycles. The van der Waals surface area contributed by atoms with E-state index < -0.39 is 11.2 Å². The van der Waals surface area contributed by atoms with Crippen LogP contribution in [0.15, 0.2) is 75.5 Å². The zero-order valence-electron chi connectivity index (χ0n) is 23.7. The van der Waals surface area contributed by atoms with Crippen LogP contribution in [0.2, 0.25) is 15.1 Å². The van der Waals surface area contributed by atoms with Crippen molar-refractivity contribution in [2.24, 2.45) is 0 Å². The van der Waals surface area contributed by atoms with E-state index in [-0.39, 0.29) is 17.6 Å². The summed E-state index contributed by atoms with van der Waals surface area (Å²) in [6.45, 7) is 4.42. The van der Waals surface area contributed by atoms with Crippen LogP contribution in [-0.2, 0) is 16.1 Å². The second kappa shape index (κ2) is 14.8. The van der Waals surface area contributed by atoms with Crippen molar-refractivity contribution in [2.45, 2.75) is 16.8 Å². The van der Waals surface area contributed by atoms with Crippen LogP contribution >= 0.6 is 46.6 Å². The number of hydrogen-bond acceptors (Lipinski definition) is 9. The highest BCUT2D eigenvalue weighted by atomic mass is 35.5. The molecule has 10 nitrogen and oxygen atoms in total. The van der Waals surface area contributed by atoms with Gasteiger partial charge in [0.15, 0.2) is 5.78 Å². The Labute approximate surface area is 272 Å². The molecule has 0 spiro atoms. The first-order chi connectivity index (χ1) is 21.2. The van der Waals surface area contributed by atoms with Crippen molar-refractivity contribution >= 4 is 52.3 Å². The van der Waals surface area contributed by atoms with Crippen molar-refractivity contribution < 1.29 is 9.53 Å². The number of benzene rings is 2. The highest BCUT2D eigenvalue weighted by molar-refractivity contribution is 7.99. The fourth-order valence-electron chi connectivity index (χ4n) is 4.98. The zero-order valence-corrected chi connectivity index (χ0v) is 26.8. The summed E-state index contributed by atoms with van der Waals surface area (Å²) < 4.78 is 5.99. The first kappa shape index (κ1) is 32.4. The number of nitrogens with zero attached hydrogens (tertiary/aromatic N) is 5. The summed E-state index contributed by atoms with van der Waals surface area (Å²) >= 11 is 21.5. The van der Waals surface area contributed by atoms with E-state index in [1.165, 1.54) is 18.9 Å². The summed E-state index contributed by atoms with van der Waals surface area (Å²) in [6.07, 6.45) is 2.76. The van der Waals surface area contributed by atoms with Gasteiger partial charge in [0.25, 0.3) is 5.56 Å². The predicted molar refractivity (Wildman–Crippen MR) is 172 cm³/mol. The SMILES string of the molecule is COCC(=O)CN1CCN(Cc2cccnc2SC(c2ccc(Cl)cc2)c2c(Cl)cc(-n3ncc(=O)[nH]c3=O)cc2Cl)CC1. The molecular formula is C30H29Cl3N6O4S. The lowest BCUT2D eigenvalue weighted by Gasteiger charge is -2.34. The fraction of sp³-hybridized carbons (Fsp3) is 0.300. The number of Topliss-reactive ketones (excluding diaryl/α,β-unsaturated/α-hetero) is 1. The number of halogens is 3. The van der Waals surface area contributed by atoms with Gasteiger partial charge in [0.05, 0.1) is 17.5 Å². The third-order valence-corrected chi connectivity index (χ3v) is 9.31. The number of carbonyl (C=O) groups excluding carboxylic acids is 1. The second-order valence-corrected chi connectivity index (χ2v) is 12.6. The van der Waals surface area contributed by atoms with Crippen LogP contribution in [0, 0.1) is 0 Å². The smallest absolute Gasteiger partial charge is 0.349 e. The molecule has 44 heavy (non-hydrogen) atoms. The number of hydrogen-bond donors (Lipinski definition) is 1. The van der Waals surface area contributed by atoms with Gasteiger partial charge < -0.3 is 4.74 Å². The number of methoxy groups -OCH3 is 1. The maximum Gasteiger partial charge on any atom is 0.349 e. The van der Waals surface area contributed by atoms with Gasteiger partial charge in [0, 0.05) is 66.7 Å². The maximum absolute atomic E-state index is 12.4. The molecule has 5 rings (SSSR count). The number of rotatable bonds is 11. The van der Waals surface area contributed by atoms with Crippen molar-refractivity contribution in [1.29, 1.82) is 0 Å². The third kappa shape index (κ3) is 7.97. The number of pyridine rings is 1. The van der Waals surface area contributed by atoms with Gasteiger partial charge in [-0.1, -0.05) is 64.8 Å². The Balaban J connectivity index is 1.42. The molecule has 0 aliphatic carbocycles. The fourth-order valence-corrected chi connectivity index (χ4v) is 7.22.